The Labute approximate surface area is 188 Å². The summed E-state index contributed by atoms with van der Waals surface area (Å²) in [6.45, 7) is 1.18. The lowest BCUT2D eigenvalue weighted by molar-refractivity contribution is -0.167. The molecule has 1 aromatic carbocycles. The van der Waals surface area contributed by atoms with Crippen molar-refractivity contribution < 1.29 is 29.1 Å². The molecule has 1 aromatic rings. The van der Waals surface area contributed by atoms with Gasteiger partial charge in [0.2, 0.25) is 5.91 Å². The summed E-state index contributed by atoms with van der Waals surface area (Å²) in [6, 6.07) is 9.85. The van der Waals surface area contributed by atoms with E-state index < -0.39 is 29.2 Å². The van der Waals surface area contributed by atoms with Gasteiger partial charge in [-0.25, -0.2) is 0 Å². The minimum atomic E-state index is -1.29. The number of rotatable bonds is 7. The summed E-state index contributed by atoms with van der Waals surface area (Å²) in [7, 11) is 2.41. The topological polar surface area (TPSA) is 106 Å². The van der Waals surface area contributed by atoms with Gasteiger partial charge in [-0.1, -0.05) is 43.2 Å². The number of carbonyl (C=O) groups is 3. The molecule has 8 nitrogen and oxygen atoms in total. The van der Waals surface area contributed by atoms with E-state index in [1.54, 1.807) is 0 Å². The maximum atomic E-state index is 13.9. The Kier molecular flexibility index (Phi) is 7.88. The second-order valence-electron chi connectivity index (χ2n) is 8.69. The van der Waals surface area contributed by atoms with E-state index >= 15 is 0 Å². The highest BCUT2D eigenvalue weighted by Crippen LogP contribution is 2.52. The van der Waals surface area contributed by atoms with Crippen LogP contribution in [0.1, 0.15) is 44.1 Å². The van der Waals surface area contributed by atoms with Gasteiger partial charge in [0.25, 0.3) is 0 Å². The predicted octanol–water partition coefficient (Wildman–Crippen LogP) is 3.02. The van der Waals surface area contributed by atoms with E-state index in [-0.39, 0.29) is 11.8 Å². The summed E-state index contributed by atoms with van der Waals surface area (Å²) in [6.07, 6.45) is 5.79. The van der Waals surface area contributed by atoms with Gasteiger partial charge in [0.15, 0.2) is 5.92 Å². The summed E-state index contributed by atoms with van der Waals surface area (Å²) in [5.41, 5.74) is 0.331. The van der Waals surface area contributed by atoms with E-state index in [4.69, 9.17) is 9.47 Å². The molecule has 8 heteroatoms. The van der Waals surface area contributed by atoms with Crippen LogP contribution >= 0.6 is 0 Å². The van der Waals surface area contributed by atoms with Gasteiger partial charge in [0.05, 0.1) is 19.6 Å². The molecular weight excluding hydrogens is 412 g/mol. The fourth-order valence-electron chi connectivity index (χ4n) is 5.63. The maximum Gasteiger partial charge on any atom is 0.320 e. The van der Waals surface area contributed by atoms with Gasteiger partial charge in [0, 0.05) is 25.2 Å². The highest BCUT2D eigenvalue weighted by molar-refractivity contribution is 5.98. The molecule has 1 heterocycles. The van der Waals surface area contributed by atoms with Crippen LogP contribution in [0.25, 0.3) is 0 Å². The third kappa shape index (κ3) is 4.64. The van der Waals surface area contributed by atoms with Crippen molar-refractivity contribution in [3.63, 3.8) is 0 Å². The monoisotopic (exact) mass is 444 g/mol. The van der Waals surface area contributed by atoms with E-state index in [1.807, 2.05) is 35.2 Å². The standard InChI is InChI=1S/C24H32N2O6/c1-31-21(27)20(22(28)32-2)18(15-25-30)19-11-6-7-12-24(19)13-8-14-26(23(24)29)16-17-9-4-3-5-10-17/h3-5,9-10,15,18-20,30H,6-8,11-14,16H2,1-2H3/b25-15-. The molecule has 1 aliphatic carbocycles. The molecular formula is C24H32N2O6. The van der Waals surface area contributed by atoms with Crippen molar-refractivity contribution in [3.8, 4) is 0 Å². The Morgan fingerprint density at radius 3 is 2.44 bits per heavy atom. The predicted molar refractivity (Wildman–Crippen MR) is 117 cm³/mol. The first-order chi connectivity index (χ1) is 15.5. The van der Waals surface area contributed by atoms with Crippen LogP contribution in [0.3, 0.4) is 0 Å². The van der Waals surface area contributed by atoms with Crippen LogP contribution in [0.2, 0.25) is 0 Å². The van der Waals surface area contributed by atoms with E-state index in [0.717, 1.165) is 24.8 Å². The maximum absolute atomic E-state index is 13.9. The Bertz CT molecular complexity index is 822. The fraction of sp³-hybridized carbons (Fsp3) is 0.583. The molecule has 2 aliphatic rings. The van der Waals surface area contributed by atoms with E-state index in [9.17, 15) is 19.6 Å². The summed E-state index contributed by atoms with van der Waals surface area (Å²) in [5.74, 6) is -3.92. The molecule has 1 spiro atoms. The summed E-state index contributed by atoms with van der Waals surface area (Å²) >= 11 is 0. The van der Waals surface area contributed by atoms with Gasteiger partial charge in [-0.3, -0.25) is 14.4 Å². The molecule has 174 valence electrons. The van der Waals surface area contributed by atoms with Crippen LogP contribution in [-0.4, -0.2) is 54.9 Å². The molecule has 2 fully saturated rings. The minimum absolute atomic E-state index is 0.0436. The molecule has 0 radical (unpaired) electrons. The molecule has 0 aromatic heterocycles. The number of hydrogen-bond acceptors (Lipinski definition) is 7. The van der Waals surface area contributed by atoms with Crippen LogP contribution in [-0.2, 0) is 30.4 Å². The molecule has 3 rings (SSSR count). The SMILES string of the molecule is COC(=O)C(C(=O)OC)C(/C=N\O)C1CCCCC12CCCN(Cc1ccccc1)C2=O. The number of hydrogen-bond donors (Lipinski definition) is 1. The van der Waals surface area contributed by atoms with Crippen LogP contribution in [0.15, 0.2) is 35.5 Å². The number of nitrogens with zero attached hydrogens (tertiary/aromatic N) is 2. The summed E-state index contributed by atoms with van der Waals surface area (Å²) < 4.78 is 9.76. The van der Waals surface area contributed by atoms with Crippen LogP contribution in [0, 0.1) is 23.2 Å². The average Bonchev–Trinajstić information content (AvgIpc) is 2.82. The minimum Gasteiger partial charge on any atom is -0.468 e. The smallest absolute Gasteiger partial charge is 0.320 e. The number of methoxy groups -OCH3 is 2. The molecule has 1 amide bonds. The largest absolute Gasteiger partial charge is 0.468 e. The zero-order chi connectivity index (χ0) is 23.1. The molecule has 32 heavy (non-hydrogen) atoms. The Balaban J connectivity index is 1.98. The molecule has 1 saturated carbocycles. The third-order valence-electron chi connectivity index (χ3n) is 7.08. The van der Waals surface area contributed by atoms with Crippen molar-refractivity contribution in [2.24, 2.45) is 28.3 Å². The molecule has 3 atom stereocenters. The van der Waals surface area contributed by atoms with Crippen molar-refractivity contribution in [2.75, 3.05) is 20.8 Å². The van der Waals surface area contributed by atoms with E-state index in [1.165, 1.54) is 20.4 Å². The number of esters is 2. The first-order valence-corrected chi connectivity index (χ1v) is 11.1. The number of likely N-dealkylation sites (tertiary alicyclic amines) is 1. The van der Waals surface area contributed by atoms with Gasteiger partial charge < -0.3 is 19.6 Å². The normalized spacial score (nSPS) is 24.7. The Morgan fingerprint density at radius 1 is 1.16 bits per heavy atom. The molecule has 0 bridgehead atoms. The second kappa shape index (κ2) is 10.6. The van der Waals surface area contributed by atoms with Crippen molar-refractivity contribution in [2.45, 2.75) is 45.1 Å². The number of benzene rings is 1. The van der Waals surface area contributed by atoms with Crippen LogP contribution < -0.4 is 0 Å². The number of piperidine rings is 1. The number of oxime groups is 1. The van der Waals surface area contributed by atoms with E-state index in [2.05, 4.69) is 5.16 Å². The highest BCUT2D eigenvalue weighted by atomic mass is 16.5. The van der Waals surface area contributed by atoms with Gasteiger partial charge in [-0.15, -0.1) is 5.16 Å². The summed E-state index contributed by atoms with van der Waals surface area (Å²) in [5, 5.41) is 12.6. The molecule has 1 saturated heterocycles. The lowest BCUT2D eigenvalue weighted by Crippen LogP contribution is -2.56. The average molecular weight is 445 g/mol. The van der Waals surface area contributed by atoms with E-state index in [0.29, 0.717) is 32.4 Å². The summed E-state index contributed by atoms with van der Waals surface area (Å²) in [4.78, 5) is 40.9. The molecule has 1 N–H and O–H groups in total. The van der Waals surface area contributed by atoms with Gasteiger partial charge in [0.1, 0.15) is 0 Å². The van der Waals surface area contributed by atoms with Crippen LogP contribution in [0.5, 0.6) is 0 Å². The first-order valence-electron chi connectivity index (χ1n) is 11.1. The number of ether oxygens (including phenoxy) is 2. The third-order valence-corrected chi connectivity index (χ3v) is 7.08. The lowest BCUT2D eigenvalue weighted by Gasteiger charge is -2.51. The molecule has 3 unspecified atom stereocenters. The Hall–Kier alpha value is -2.90. The number of amides is 1. The molecule has 1 aliphatic heterocycles. The zero-order valence-corrected chi connectivity index (χ0v) is 18.7. The zero-order valence-electron chi connectivity index (χ0n) is 18.7. The fourth-order valence-corrected chi connectivity index (χ4v) is 5.63. The lowest BCUT2D eigenvalue weighted by atomic mass is 9.56. The van der Waals surface area contributed by atoms with Crippen LogP contribution in [0.4, 0.5) is 0 Å². The van der Waals surface area contributed by atoms with Gasteiger partial charge >= 0.3 is 11.9 Å². The van der Waals surface area contributed by atoms with Gasteiger partial charge in [-0.2, -0.15) is 0 Å². The van der Waals surface area contributed by atoms with Gasteiger partial charge in [-0.05, 0) is 37.2 Å². The quantitative estimate of drug-likeness (QED) is 0.228. The highest BCUT2D eigenvalue weighted by Gasteiger charge is 2.55. The van der Waals surface area contributed by atoms with Crippen molar-refractivity contribution in [1.29, 1.82) is 0 Å². The number of carbonyl (C=O) groups excluding carboxylic acids is 3. The van der Waals surface area contributed by atoms with Crippen molar-refractivity contribution >= 4 is 24.1 Å². The second-order valence-corrected chi connectivity index (χ2v) is 8.69. The van der Waals surface area contributed by atoms with Crippen molar-refractivity contribution in [1.82, 2.24) is 4.90 Å². The Morgan fingerprint density at radius 2 is 1.81 bits per heavy atom. The first kappa shape index (κ1) is 23.8. The van der Waals surface area contributed by atoms with Crippen molar-refractivity contribution in [3.05, 3.63) is 35.9 Å².